The zero-order valence-corrected chi connectivity index (χ0v) is 12.9. The zero-order valence-electron chi connectivity index (χ0n) is 12.9. The number of para-hydroxylation sites is 1. The molecule has 2 aromatic rings. The average molecular weight is 300 g/mol. The zero-order chi connectivity index (χ0) is 15.7. The summed E-state index contributed by atoms with van der Waals surface area (Å²) in [6.07, 6.45) is 1.79. The third kappa shape index (κ3) is 2.71. The van der Waals surface area contributed by atoms with Crippen LogP contribution in [0.2, 0.25) is 0 Å². The second-order valence-corrected chi connectivity index (χ2v) is 5.84. The van der Waals surface area contributed by atoms with Gasteiger partial charge in [0.05, 0.1) is 0 Å². The molecule has 1 saturated heterocycles. The maximum absolute atomic E-state index is 12.7. The summed E-state index contributed by atoms with van der Waals surface area (Å²) in [7, 11) is 0. The van der Waals surface area contributed by atoms with E-state index in [-0.39, 0.29) is 17.9 Å². The maximum atomic E-state index is 12.7. The largest absolute Gasteiger partial charge is 0.451 e. The molecule has 2 heterocycles. The van der Waals surface area contributed by atoms with E-state index in [1.165, 1.54) is 6.92 Å². The summed E-state index contributed by atoms with van der Waals surface area (Å²) < 4.78 is 5.75. The van der Waals surface area contributed by atoms with Gasteiger partial charge in [-0.2, -0.15) is 0 Å². The summed E-state index contributed by atoms with van der Waals surface area (Å²) in [5.74, 6) is 0.257. The number of benzene rings is 1. The Labute approximate surface area is 129 Å². The van der Waals surface area contributed by atoms with Gasteiger partial charge in [-0.15, -0.1) is 0 Å². The molecule has 0 saturated carbocycles. The number of hydrogen-bond donors (Lipinski definition) is 1. The summed E-state index contributed by atoms with van der Waals surface area (Å²) in [6.45, 7) is 4.65. The van der Waals surface area contributed by atoms with Crippen molar-refractivity contribution in [3.63, 3.8) is 0 Å². The van der Waals surface area contributed by atoms with Crippen molar-refractivity contribution < 1.29 is 14.0 Å². The minimum Gasteiger partial charge on any atom is -0.451 e. The first-order valence-corrected chi connectivity index (χ1v) is 7.61. The molecule has 5 heteroatoms. The van der Waals surface area contributed by atoms with Crippen LogP contribution in [0.5, 0.6) is 0 Å². The van der Waals surface area contributed by atoms with E-state index in [1.807, 2.05) is 31.2 Å². The Kier molecular flexibility index (Phi) is 3.88. The Hall–Kier alpha value is -2.30. The highest BCUT2D eigenvalue weighted by atomic mass is 16.3. The molecular weight excluding hydrogens is 280 g/mol. The summed E-state index contributed by atoms with van der Waals surface area (Å²) in [5.41, 5.74) is 1.61. The number of nitrogens with one attached hydrogen (secondary N) is 1. The number of likely N-dealkylation sites (tertiary alicyclic amines) is 1. The highest BCUT2D eigenvalue weighted by Crippen LogP contribution is 2.26. The van der Waals surface area contributed by atoms with E-state index in [2.05, 4.69) is 5.32 Å². The number of hydrogen-bond acceptors (Lipinski definition) is 3. The van der Waals surface area contributed by atoms with Gasteiger partial charge < -0.3 is 14.6 Å². The van der Waals surface area contributed by atoms with Crippen molar-refractivity contribution in [2.45, 2.75) is 32.7 Å². The first-order chi connectivity index (χ1) is 10.6. The number of nitrogens with zero attached hydrogens (tertiary/aromatic N) is 1. The lowest BCUT2D eigenvalue weighted by molar-refractivity contribution is -0.120. The fourth-order valence-electron chi connectivity index (χ4n) is 3.09. The maximum Gasteiger partial charge on any atom is 0.289 e. The van der Waals surface area contributed by atoms with E-state index in [4.69, 9.17) is 4.42 Å². The van der Waals surface area contributed by atoms with E-state index in [1.54, 1.807) is 4.90 Å². The van der Waals surface area contributed by atoms with Gasteiger partial charge in [0.15, 0.2) is 5.76 Å². The number of amides is 2. The highest BCUT2D eigenvalue weighted by Gasteiger charge is 2.28. The summed E-state index contributed by atoms with van der Waals surface area (Å²) in [5, 5.41) is 3.87. The predicted octanol–water partition coefficient (Wildman–Crippen LogP) is 2.48. The van der Waals surface area contributed by atoms with Crippen LogP contribution < -0.4 is 5.32 Å². The second-order valence-electron chi connectivity index (χ2n) is 5.84. The lowest BCUT2D eigenvalue weighted by atomic mass is 10.0. The molecule has 0 radical (unpaired) electrons. The molecule has 0 spiro atoms. The van der Waals surface area contributed by atoms with Crippen LogP contribution in [0, 0.1) is 6.92 Å². The molecule has 2 amide bonds. The molecule has 5 nitrogen and oxygen atoms in total. The lowest BCUT2D eigenvalue weighted by Crippen LogP contribution is -2.49. The molecule has 1 aliphatic rings. The van der Waals surface area contributed by atoms with Crippen LogP contribution in [0.15, 0.2) is 28.7 Å². The quantitative estimate of drug-likeness (QED) is 0.927. The van der Waals surface area contributed by atoms with Crippen molar-refractivity contribution in [2.24, 2.45) is 0 Å². The SMILES string of the molecule is CC(=O)NC1CCCN(C(=O)c2oc3ccccc3c2C)C1. The Balaban J connectivity index is 1.83. The van der Waals surface area contributed by atoms with Crippen molar-refractivity contribution in [3.8, 4) is 0 Å². The average Bonchev–Trinajstić information content (AvgIpc) is 2.84. The van der Waals surface area contributed by atoms with Gasteiger partial charge in [-0.25, -0.2) is 0 Å². The van der Waals surface area contributed by atoms with E-state index < -0.39 is 0 Å². The number of piperidine rings is 1. The van der Waals surface area contributed by atoms with Crippen LogP contribution in [0.25, 0.3) is 11.0 Å². The third-order valence-corrected chi connectivity index (χ3v) is 4.15. The monoisotopic (exact) mass is 300 g/mol. The Morgan fingerprint density at radius 1 is 1.32 bits per heavy atom. The van der Waals surface area contributed by atoms with E-state index in [9.17, 15) is 9.59 Å². The molecule has 116 valence electrons. The van der Waals surface area contributed by atoms with Gasteiger partial charge in [-0.3, -0.25) is 9.59 Å². The first kappa shape index (κ1) is 14.6. The molecule has 1 atom stereocenters. The summed E-state index contributed by atoms with van der Waals surface area (Å²) in [6, 6.07) is 7.69. The van der Waals surface area contributed by atoms with Crippen LogP contribution in [0.3, 0.4) is 0 Å². The number of carbonyl (C=O) groups is 2. The first-order valence-electron chi connectivity index (χ1n) is 7.61. The molecule has 1 fully saturated rings. The number of aryl methyl sites for hydroxylation is 1. The predicted molar refractivity (Wildman–Crippen MR) is 83.7 cm³/mol. The molecule has 1 N–H and O–H groups in total. The molecule has 1 unspecified atom stereocenters. The minimum absolute atomic E-state index is 0.0277. The van der Waals surface area contributed by atoms with E-state index >= 15 is 0 Å². The topological polar surface area (TPSA) is 62.6 Å². The molecule has 0 bridgehead atoms. The van der Waals surface area contributed by atoms with Crippen molar-refractivity contribution in [1.82, 2.24) is 10.2 Å². The fraction of sp³-hybridized carbons (Fsp3) is 0.412. The molecule has 1 aromatic heterocycles. The van der Waals surface area contributed by atoms with Crippen molar-refractivity contribution in [1.29, 1.82) is 0 Å². The molecular formula is C17H20N2O3. The summed E-state index contributed by atoms with van der Waals surface area (Å²) in [4.78, 5) is 25.7. The van der Waals surface area contributed by atoms with Crippen LogP contribution in [-0.4, -0.2) is 35.8 Å². The smallest absolute Gasteiger partial charge is 0.289 e. The molecule has 22 heavy (non-hydrogen) atoms. The van der Waals surface area contributed by atoms with Crippen LogP contribution in [-0.2, 0) is 4.79 Å². The number of furan rings is 1. The minimum atomic E-state index is -0.0937. The normalized spacial score (nSPS) is 18.5. The molecule has 0 aliphatic carbocycles. The van der Waals surface area contributed by atoms with Crippen molar-refractivity contribution in [3.05, 3.63) is 35.6 Å². The fourth-order valence-corrected chi connectivity index (χ4v) is 3.09. The van der Waals surface area contributed by atoms with Crippen LogP contribution in [0.1, 0.15) is 35.9 Å². The van der Waals surface area contributed by atoms with Gasteiger partial charge in [0, 0.05) is 37.0 Å². The van der Waals surface area contributed by atoms with Crippen molar-refractivity contribution in [2.75, 3.05) is 13.1 Å². The highest BCUT2D eigenvalue weighted by molar-refractivity contribution is 5.99. The number of rotatable bonds is 2. The van der Waals surface area contributed by atoms with E-state index in [0.717, 1.165) is 29.4 Å². The van der Waals surface area contributed by atoms with Gasteiger partial charge in [0.1, 0.15) is 5.58 Å². The second kappa shape index (κ2) is 5.83. The molecule has 3 rings (SSSR count). The third-order valence-electron chi connectivity index (χ3n) is 4.15. The van der Waals surface area contributed by atoms with Gasteiger partial charge in [0.25, 0.3) is 5.91 Å². The lowest BCUT2D eigenvalue weighted by Gasteiger charge is -2.32. The van der Waals surface area contributed by atoms with Crippen LogP contribution in [0.4, 0.5) is 0 Å². The Morgan fingerprint density at radius 3 is 2.82 bits per heavy atom. The van der Waals surface area contributed by atoms with Gasteiger partial charge in [-0.05, 0) is 25.8 Å². The van der Waals surface area contributed by atoms with E-state index in [0.29, 0.717) is 18.8 Å². The summed E-state index contributed by atoms with van der Waals surface area (Å²) >= 11 is 0. The van der Waals surface area contributed by atoms with Gasteiger partial charge >= 0.3 is 0 Å². The number of fused-ring (bicyclic) bond motifs is 1. The Bertz CT molecular complexity index is 720. The molecule has 1 aliphatic heterocycles. The van der Waals surface area contributed by atoms with Gasteiger partial charge in [0.2, 0.25) is 5.91 Å². The molecule has 1 aromatic carbocycles. The number of carbonyl (C=O) groups excluding carboxylic acids is 2. The van der Waals surface area contributed by atoms with Gasteiger partial charge in [-0.1, -0.05) is 18.2 Å². The van der Waals surface area contributed by atoms with Crippen molar-refractivity contribution >= 4 is 22.8 Å². The standard InChI is InChI=1S/C17H20N2O3/c1-11-14-7-3-4-8-15(14)22-16(11)17(21)19-9-5-6-13(10-19)18-12(2)20/h3-4,7-8,13H,5-6,9-10H2,1-2H3,(H,18,20). The Morgan fingerprint density at radius 2 is 2.09 bits per heavy atom. The van der Waals surface area contributed by atoms with Crippen LogP contribution >= 0.6 is 0 Å².